The Labute approximate surface area is 139 Å². The smallest absolute Gasteiger partial charge is 0.246 e. The molecule has 0 aromatic heterocycles. The molecule has 0 saturated heterocycles. The number of hydrogen-bond acceptors (Lipinski definition) is 3. The van der Waals surface area contributed by atoms with Crippen LogP contribution >= 0.6 is 23.2 Å². The number of nitrogens with one attached hydrogen (secondary N) is 2. The van der Waals surface area contributed by atoms with Crippen LogP contribution in [0.25, 0.3) is 0 Å². The Kier molecular flexibility index (Phi) is 5.66. The van der Waals surface area contributed by atoms with Crippen LogP contribution in [0.3, 0.4) is 0 Å². The third-order valence-corrected chi connectivity index (χ3v) is 3.91. The normalized spacial score (nSPS) is 11.8. The summed E-state index contributed by atoms with van der Waals surface area (Å²) in [7, 11) is 0. The second-order valence-electron chi connectivity index (χ2n) is 4.82. The van der Waals surface area contributed by atoms with Crippen molar-refractivity contribution in [1.82, 2.24) is 0 Å². The number of aliphatic hydroxyl groups excluding tert-OH is 1. The number of benzene rings is 2. The second-order valence-corrected chi connectivity index (χ2v) is 5.60. The molecule has 0 saturated carbocycles. The van der Waals surface area contributed by atoms with Gasteiger partial charge in [0.15, 0.2) is 0 Å². The standard InChI is InChI=1S/C16H16Cl2N2O2/c1-10(19-12-5-2-4-11(8-12)9-21)16(22)20-14-7-3-6-13(17)15(14)18/h2-8,10,19,21H,9H2,1H3,(H,20,22). The zero-order chi connectivity index (χ0) is 16.1. The molecule has 0 bridgehead atoms. The van der Waals surface area contributed by atoms with Gasteiger partial charge in [-0.3, -0.25) is 4.79 Å². The minimum Gasteiger partial charge on any atom is -0.392 e. The van der Waals surface area contributed by atoms with Crippen molar-refractivity contribution < 1.29 is 9.90 Å². The van der Waals surface area contributed by atoms with Crippen LogP contribution in [0.15, 0.2) is 42.5 Å². The number of halogens is 2. The third kappa shape index (κ3) is 4.13. The number of anilines is 2. The number of carbonyl (C=O) groups is 1. The molecule has 116 valence electrons. The fourth-order valence-electron chi connectivity index (χ4n) is 1.92. The topological polar surface area (TPSA) is 61.4 Å². The summed E-state index contributed by atoms with van der Waals surface area (Å²) in [6, 6.07) is 11.8. The SMILES string of the molecule is CC(Nc1cccc(CO)c1)C(=O)Nc1cccc(Cl)c1Cl. The van der Waals surface area contributed by atoms with Crippen LogP contribution in [0.5, 0.6) is 0 Å². The van der Waals surface area contributed by atoms with E-state index in [0.29, 0.717) is 15.7 Å². The van der Waals surface area contributed by atoms with Crippen LogP contribution in [0.2, 0.25) is 10.0 Å². The average Bonchev–Trinajstić information content (AvgIpc) is 2.52. The maximum absolute atomic E-state index is 12.2. The maximum atomic E-state index is 12.2. The highest BCUT2D eigenvalue weighted by Crippen LogP contribution is 2.29. The Hall–Kier alpha value is -1.75. The molecule has 0 fully saturated rings. The van der Waals surface area contributed by atoms with Gasteiger partial charge in [-0.25, -0.2) is 0 Å². The van der Waals surface area contributed by atoms with E-state index < -0.39 is 6.04 Å². The van der Waals surface area contributed by atoms with Gasteiger partial charge in [0.05, 0.1) is 22.3 Å². The molecule has 22 heavy (non-hydrogen) atoms. The van der Waals surface area contributed by atoms with E-state index in [1.165, 1.54) is 0 Å². The molecule has 1 atom stereocenters. The van der Waals surface area contributed by atoms with Crippen molar-refractivity contribution in [3.05, 3.63) is 58.1 Å². The summed E-state index contributed by atoms with van der Waals surface area (Å²) in [6.07, 6.45) is 0. The van der Waals surface area contributed by atoms with Gasteiger partial charge in [-0.2, -0.15) is 0 Å². The van der Waals surface area contributed by atoms with E-state index in [9.17, 15) is 4.79 Å². The molecule has 0 aliphatic rings. The Morgan fingerprint density at radius 1 is 1.23 bits per heavy atom. The molecular weight excluding hydrogens is 323 g/mol. The van der Waals surface area contributed by atoms with Gasteiger partial charge < -0.3 is 15.7 Å². The summed E-state index contributed by atoms with van der Waals surface area (Å²) in [5.74, 6) is -0.237. The van der Waals surface area contributed by atoms with E-state index >= 15 is 0 Å². The van der Waals surface area contributed by atoms with Crippen molar-refractivity contribution >= 4 is 40.5 Å². The van der Waals surface area contributed by atoms with Gasteiger partial charge in [0.2, 0.25) is 5.91 Å². The minimum atomic E-state index is -0.482. The lowest BCUT2D eigenvalue weighted by atomic mass is 10.2. The first-order chi connectivity index (χ1) is 10.5. The van der Waals surface area contributed by atoms with Gasteiger partial charge in [-0.15, -0.1) is 0 Å². The van der Waals surface area contributed by atoms with Crippen molar-refractivity contribution in [1.29, 1.82) is 0 Å². The Bertz CT molecular complexity index is 677. The Morgan fingerprint density at radius 3 is 2.68 bits per heavy atom. The van der Waals surface area contributed by atoms with Crippen LogP contribution in [-0.4, -0.2) is 17.1 Å². The van der Waals surface area contributed by atoms with Crippen molar-refractivity contribution in [2.45, 2.75) is 19.6 Å². The molecule has 3 N–H and O–H groups in total. The van der Waals surface area contributed by atoms with Crippen molar-refractivity contribution in [3.63, 3.8) is 0 Å². The molecule has 0 aliphatic carbocycles. The van der Waals surface area contributed by atoms with Crippen LogP contribution in [-0.2, 0) is 11.4 Å². The first-order valence-corrected chi connectivity index (χ1v) is 7.48. The quantitative estimate of drug-likeness (QED) is 0.774. The molecule has 1 amide bonds. The van der Waals surface area contributed by atoms with E-state index in [1.807, 2.05) is 18.2 Å². The predicted molar refractivity (Wildman–Crippen MR) is 90.5 cm³/mol. The van der Waals surface area contributed by atoms with Crippen LogP contribution < -0.4 is 10.6 Å². The van der Waals surface area contributed by atoms with Crippen LogP contribution in [0.1, 0.15) is 12.5 Å². The number of hydrogen-bond donors (Lipinski definition) is 3. The molecule has 0 radical (unpaired) electrons. The highest BCUT2D eigenvalue weighted by molar-refractivity contribution is 6.44. The fraction of sp³-hybridized carbons (Fsp3) is 0.188. The van der Waals surface area contributed by atoms with Crippen LogP contribution in [0, 0.1) is 0 Å². The number of amides is 1. The van der Waals surface area contributed by atoms with E-state index in [0.717, 1.165) is 11.3 Å². The number of carbonyl (C=O) groups excluding carboxylic acids is 1. The van der Waals surface area contributed by atoms with Gasteiger partial charge in [0, 0.05) is 5.69 Å². The highest BCUT2D eigenvalue weighted by atomic mass is 35.5. The van der Waals surface area contributed by atoms with E-state index in [1.54, 1.807) is 31.2 Å². The molecule has 0 aliphatic heterocycles. The molecule has 4 nitrogen and oxygen atoms in total. The molecule has 0 spiro atoms. The molecule has 2 rings (SSSR count). The highest BCUT2D eigenvalue weighted by Gasteiger charge is 2.15. The zero-order valence-electron chi connectivity index (χ0n) is 11.9. The molecular formula is C16H16Cl2N2O2. The lowest BCUT2D eigenvalue weighted by Gasteiger charge is -2.16. The Morgan fingerprint density at radius 2 is 1.95 bits per heavy atom. The maximum Gasteiger partial charge on any atom is 0.246 e. The lowest BCUT2D eigenvalue weighted by Crippen LogP contribution is -2.32. The number of aliphatic hydroxyl groups is 1. The first kappa shape index (κ1) is 16.6. The number of rotatable bonds is 5. The molecule has 1 unspecified atom stereocenters. The zero-order valence-corrected chi connectivity index (χ0v) is 13.4. The summed E-state index contributed by atoms with van der Waals surface area (Å²) >= 11 is 12.0. The fourth-order valence-corrected chi connectivity index (χ4v) is 2.26. The van der Waals surface area contributed by atoms with Gasteiger partial charge in [-0.1, -0.05) is 41.4 Å². The second kappa shape index (κ2) is 7.49. The average molecular weight is 339 g/mol. The Balaban J connectivity index is 2.04. The molecule has 2 aromatic carbocycles. The summed E-state index contributed by atoms with van der Waals surface area (Å²) in [4.78, 5) is 12.2. The van der Waals surface area contributed by atoms with Gasteiger partial charge >= 0.3 is 0 Å². The predicted octanol–water partition coefficient (Wildman–Crippen LogP) is 3.92. The van der Waals surface area contributed by atoms with Crippen molar-refractivity contribution in [3.8, 4) is 0 Å². The van der Waals surface area contributed by atoms with Crippen molar-refractivity contribution in [2.75, 3.05) is 10.6 Å². The lowest BCUT2D eigenvalue weighted by molar-refractivity contribution is -0.116. The van der Waals surface area contributed by atoms with E-state index in [-0.39, 0.29) is 12.5 Å². The van der Waals surface area contributed by atoms with E-state index in [2.05, 4.69) is 10.6 Å². The molecule has 2 aromatic rings. The van der Waals surface area contributed by atoms with Crippen LogP contribution in [0.4, 0.5) is 11.4 Å². The largest absolute Gasteiger partial charge is 0.392 e. The van der Waals surface area contributed by atoms with Crippen molar-refractivity contribution in [2.24, 2.45) is 0 Å². The summed E-state index contributed by atoms with van der Waals surface area (Å²) < 4.78 is 0. The summed E-state index contributed by atoms with van der Waals surface area (Å²) in [6.45, 7) is 1.69. The minimum absolute atomic E-state index is 0.0474. The molecule has 6 heteroatoms. The van der Waals surface area contributed by atoms with Gasteiger partial charge in [0.25, 0.3) is 0 Å². The summed E-state index contributed by atoms with van der Waals surface area (Å²) in [5, 5.41) is 15.6. The van der Waals surface area contributed by atoms with Gasteiger partial charge in [0.1, 0.15) is 6.04 Å². The summed E-state index contributed by atoms with van der Waals surface area (Å²) in [5.41, 5.74) is 2.00. The van der Waals surface area contributed by atoms with E-state index in [4.69, 9.17) is 28.3 Å². The first-order valence-electron chi connectivity index (χ1n) is 6.72. The monoisotopic (exact) mass is 338 g/mol. The molecule has 0 heterocycles. The van der Waals surface area contributed by atoms with Gasteiger partial charge in [-0.05, 0) is 36.8 Å². The third-order valence-electron chi connectivity index (χ3n) is 3.10.